The lowest BCUT2D eigenvalue weighted by Gasteiger charge is -2.23. The minimum Gasteiger partial charge on any atom is -0.273 e. The quantitative estimate of drug-likeness (QED) is 0.660. The van der Waals surface area contributed by atoms with Gasteiger partial charge in [0.1, 0.15) is 0 Å². The predicted octanol–water partition coefficient (Wildman–Crippen LogP) is 3.97. The van der Waals surface area contributed by atoms with Gasteiger partial charge in [0.05, 0.1) is 4.90 Å². The van der Waals surface area contributed by atoms with Crippen molar-refractivity contribution in [3.63, 3.8) is 0 Å². The average Bonchev–Trinajstić information content (AvgIpc) is 2.65. The summed E-state index contributed by atoms with van der Waals surface area (Å²) in [6.45, 7) is 5.59. The van der Waals surface area contributed by atoms with Gasteiger partial charge in [-0.3, -0.25) is 4.79 Å². The van der Waals surface area contributed by atoms with E-state index in [4.69, 9.17) is 0 Å². The summed E-state index contributed by atoms with van der Waals surface area (Å²) in [7, 11) is -2.52. The Morgan fingerprint density at radius 2 is 1.73 bits per heavy atom. The Kier molecular flexibility index (Phi) is 6.75. The van der Waals surface area contributed by atoms with E-state index in [1.807, 2.05) is 37.3 Å². The van der Waals surface area contributed by atoms with Crippen molar-refractivity contribution in [3.8, 4) is 0 Å². The Morgan fingerprint density at radius 3 is 2.31 bits per heavy atom. The lowest BCUT2D eigenvalue weighted by molar-refractivity contribution is -0.129. The molecule has 0 radical (unpaired) electrons. The number of carbonyl (C=O) groups excluding carboxylic acids is 1. The maximum atomic E-state index is 12.8. The lowest BCUT2D eigenvalue weighted by Crippen LogP contribution is -2.37. The van der Waals surface area contributed by atoms with Gasteiger partial charge in [0, 0.05) is 13.0 Å². The topological polar surface area (TPSA) is 54.5 Å². The van der Waals surface area contributed by atoms with Crippen LogP contribution < -0.4 is 0 Å². The van der Waals surface area contributed by atoms with E-state index in [1.165, 1.54) is 19.2 Å². The molecule has 0 bridgehead atoms. The molecule has 2 rings (SSSR count). The van der Waals surface area contributed by atoms with Gasteiger partial charge >= 0.3 is 0 Å². The summed E-state index contributed by atoms with van der Waals surface area (Å²) >= 11 is 0. The van der Waals surface area contributed by atoms with Crippen LogP contribution in [0.2, 0.25) is 0 Å². The zero-order valence-electron chi connectivity index (χ0n) is 15.3. The SMILES string of the molecule is C=CCC(CCc1ccccc1)C(=O)N(C)S(=O)(=O)c1ccc(C)cc1. The van der Waals surface area contributed by atoms with Crippen molar-refractivity contribution >= 4 is 15.9 Å². The molecule has 0 heterocycles. The summed E-state index contributed by atoms with van der Waals surface area (Å²) < 4.78 is 26.4. The van der Waals surface area contributed by atoms with Crippen LogP contribution in [0.1, 0.15) is 24.0 Å². The van der Waals surface area contributed by atoms with Gasteiger partial charge in [0.25, 0.3) is 10.0 Å². The summed E-state index contributed by atoms with van der Waals surface area (Å²) in [4.78, 5) is 13.0. The first kappa shape index (κ1) is 19.9. The highest BCUT2D eigenvalue weighted by molar-refractivity contribution is 7.89. The van der Waals surface area contributed by atoms with Crippen LogP contribution in [0.3, 0.4) is 0 Å². The van der Waals surface area contributed by atoms with Gasteiger partial charge in [0.2, 0.25) is 5.91 Å². The molecule has 1 amide bonds. The molecule has 26 heavy (non-hydrogen) atoms. The number of aryl methyl sites for hydroxylation is 2. The predicted molar refractivity (Wildman–Crippen MR) is 104 cm³/mol. The normalized spacial score (nSPS) is 12.4. The fourth-order valence-corrected chi connectivity index (χ4v) is 3.96. The van der Waals surface area contributed by atoms with Crippen molar-refractivity contribution in [2.75, 3.05) is 7.05 Å². The van der Waals surface area contributed by atoms with Gasteiger partial charge in [0.15, 0.2) is 0 Å². The summed E-state index contributed by atoms with van der Waals surface area (Å²) in [5.41, 5.74) is 2.09. The van der Waals surface area contributed by atoms with Crippen LogP contribution in [0, 0.1) is 12.8 Å². The molecule has 1 unspecified atom stereocenters. The Balaban J connectivity index is 2.15. The number of hydrogen-bond acceptors (Lipinski definition) is 3. The monoisotopic (exact) mass is 371 g/mol. The summed E-state index contributed by atoms with van der Waals surface area (Å²) in [6.07, 6.45) is 3.39. The smallest absolute Gasteiger partial charge is 0.266 e. The maximum Gasteiger partial charge on any atom is 0.266 e. The molecule has 0 aliphatic heterocycles. The summed E-state index contributed by atoms with van der Waals surface area (Å²) in [5, 5.41) is 0. The third-order valence-corrected chi connectivity index (χ3v) is 6.18. The molecule has 4 nitrogen and oxygen atoms in total. The third-order valence-electron chi connectivity index (χ3n) is 4.41. The Morgan fingerprint density at radius 1 is 1.12 bits per heavy atom. The van der Waals surface area contributed by atoms with E-state index in [2.05, 4.69) is 6.58 Å². The number of nitrogens with zero attached hydrogens (tertiary/aromatic N) is 1. The fraction of sp³-hybridized carbons (Fsp3) is 0.286. The first-order valence-electron chi connectivity index (χ1n) is 8.60. The van der Waals surface area contributed by atoms with Crippen LogP contribution in [-0.4, -0.2) is 25.7 Å². The molecule has 0 fully saturated rings. The lowest BCUT2D eigenvalue weighted by atomic mass is 9.95. The summed E-state index contributed by atoms with van der Waals surface area (Å²) in [5.74, 6) is -0.820. The molecule has 2 aromatic rings. The first-order valence-corrected chi connectivity index (χ1v) is 10.0. The molecule has 0 saturated carbocycles. The molecule has 0 N–H and O–H groups in total. The minimum atomic E-state index is -3.85. The van der Waals surface area contributed by atoms with Crippen LogP contribution >= 0.6 is 0 Å². The summed E-state index contributed by atoms with van der Waals surface area (Å²) in [6, 6.07) is 16.4. The van der Waals surface area contributed by atoms with Crippen molar-refractivity contribution in [1.29, 1.82) is 0 Å². The molecule has 5 heteroatoms. The molecule has 0 aromatic heterocycles. The van der Waals surface area contributed by atoms with Crippen LogP contribution in [0.5, 0.6) is 0 Å². The van der Waals surface area contributed by atoms with Crippen molar-refractivity contribution in [2.24, 2.45) is 5.92 Å². The molecule has 138 valence electrons. The number of carbonyl (C=O) groups is 1. The molecule has 0 aliphatic carbocycles. The van der Waals surface area contributed by atoms with Gasteiger partial charge in [-0.2, -0.15) is 0 Å². The van der Waals surface area contributed by atoms with Gasteiger partial charge in [-0.05, 0) is 43.9 Å². The Hall–Kier alpha value is -2.40. The number of hydrogen-bond donors (Lipinski definition) is 0. The van der Waals surface area contributed by atoms with E-state index in [0.717, 1.165) is 15.4 Å². The fourth-order valence-electron chi connectivity index (χ4n) is 2.77. The number of benzene rings is 2. The number of rotatable bonds is 8. The number of amides is 1. The van der Waals surface area contributed by atoms with E-state index < -0.39 is 21.8 Å². The van der Waals surface area contributed by atoms with E-state index >= 15 is 0 Å². The average molecular weight is 372 g/mol. The van der Waals surface area contributed by atoms with Gasteiger partial charge in [-0.25, -0.2) is 12.7 Å². The molecular weight excluding hydrogens is 346 g/mol. The van der Waals surface area contributed by atoms with Gasteiger partial charge < -0.3 is 0 Å². The molecular formula is C21H25NO3S. The van der Waals surface area contributed by atoms with E-state index in [-0.39, 0.29) is 4.90 Å². The zero-order chi connectivity index (χ0) is 19.2. The highest BCUT2D eigenvalue weighted by Gasteiger charge is 2.30. The van der Waals surface area contributed by atoms with Crippen LogP contribution in [-0.2, 0) is 21.2 Å². The third kappa shape index (κ3) is 4.82. The van der Waals surface area contributed by atoms with Crippen LogP contribution in [0.4, 0.5) is 0 Å². The zero-order valence-corrected chi connectivity index (χ0v) is 16.1. The molecule has 0 aliphatic rings. The molecule has 0 saturated heterocycles. The van der Waals surface area contributed by atoms with Gasteiger partial charge in [-0.1, -0.05) is 54.1 Å². The number of sulfonamides is 1. The van der Waals surface area contributed by atoms with Crippen LogP contribution in [0.25, 0.3) is 0 Å². The molecule has 0 spiro atoms. The Bertz CT molecular complexity index is 843. The van der Waals surface area contributed by atoms with Gasteiger partial charge in [-0.15, -0.1) is 6.58 Å². The maximum absolute atomic E-state index is 12.8. The highest BCUT2D eigenvalue weighted by Crippen LogP contribution is 2.21. The second-order valence-electron chi connectivity index (χ2n) is 6.37. The number of allylic oxidation sites excluding steroid dienone is 1. The van der Waals surface area contributed by atoms with Crippen molar-refractivity contribution in [2.45, 2.75) is 31.1 Å². The van der Waals surface area contributed by atoms with Crippen molar-refractivity contribution in [3.05, 3.63) is 78.4 Å². The highest BCUT2D eigenvalue weighted by atomic mass is 32.2. The van der Waals surface area contributed by atoms with Crippen molar-refractivity contribution < 1.29 is 13.2 Å². The Labute approximate surface area is 156 Å². The first-order chi connectivity index (χ1) is 12.4. The molecule has 1 atom stereocenters. The standard InChI is InChI=1S/C21H25NO3S/c1-4-8-19(14-13-18-9-6-5-7-10-18)21(23)22(3)26(24,25)20-15-11-17(2)12-16-20/h4-7,9-12,15-16,19H,1,8,13-14H2,2-3H3. The largest absolute Gasteiger partial charge is 0.273 e. The second kappa shape index (κ2) is 8.81. The van der Waals surface area contributed by atoms with E-state index in [1.54, 1.807) is 18.2 Å². The van der Waals surface area contributed by atoms with E-state index in [0.29, 0.717) is 19.3 Å². The van der Waals surface area contributed by atoms with Crippen molar-refractivity contribution in [1.82, 2.24) is 4.31 Å². The van der Waals surface area contributed by atoms with E-state index in [9.17, 15) is 13.2 Å². The van der Waals surface area contributed by atoms with Crippen LogP contribution in [0.15, 0.2) is 72.1 Å². The minimum absolute atomic E-state index is 0.124. The molecule has 2 aromatic carbocycles. The second-order valence-corrected chi connectivity index (χ2v) is 8.34.